The highest BCUT2D eigenvalue weighted by molar-refractivity contribution is 5.94. The van der Waals surface area contributed by atoms with Gasteiger partial charge in [0.05, 0.1) is 0 Å². The predicted octanol–water partition coefficient (Wildman–Crippen LogP) is 4.68. The second-order valence-electron chi connectivity index (χ2n) is 5.81. The second kappa shape index (κ2) is 8.06. The molecule has 1 aromatic heterocycles. The first-order chi connectivity index (χ1) is 12.2. The molecule has 0 bridgehead atoms. The minimum absolute atomic E-state index is 0.342. The average molecular weight is 329 g/mol. The summed E-state index contributed by atoms with van der Waals surface area (Å²) in [5, 5.41) is 0. The third-order valence-electron chi connectivity index (χ3n) is 3.77. The van der Waals surface area contributed by atoms with Crippen molar-refractivity contribution in [3.05, 3.63) is 101 Å². The van der Waals surface area contributed by atoms with Gasteiger partial charge in [-0.2, -0.15) is 0 Å². The number of para-hydroxylation sites is 1. The van der Waals surface area contributed by atoms with Crippen LogP contribution in [0, 0.1) is 0 Å². The molecular weight excluding hydrogens is 310 g/mol. The van der Waals surface area contributed by atoms with E-state index < -0.39 is 0 Å². The summed E-state index contributed by atoms with van der Waals surface area (Å²) in [5.41, 5.74) is 3.91. The lowest BCUT2D eigenvalue weighted by atomic mass is 10.0. The van der Waals surface area contributed by atoms with Crippen molar-refractivity contribution in [2.45, 2.75) is 13.3 Å². The summed E-state index contributed by atoms with van der Waals surface area (Å²) >= 11 is 0. The van der Waals surface area contributed by atoms with E-state index in [1.54, 1.807) is 25.3 Å². The first kappa shape index (κ1) is 16.7. The summed E-state index contributed by atoms with van der Waals surface area (Å²) in [5.74, 6) is 0.206. The van der Waals surface area contributed by atoms with Gasteiger partial charge in [-0.3, -0.25) is 4.98 Å². The lowest BCUT2D eigenvalue weighted by molar-refractivity contribution is -0.130. The monoisotopic (exact) mass is 329 g/mol. The van der Waals surface area contributed by atoms with Gasteiger partial charge in [-0.05, 0) is 54.3 Å². The summed E-state index contributed by atoms with van der Waals surface area (Å²) in [6, 6.07) is 21.2. The van der Waals surface area contributed by atoms with Crippen molar-refractivity contribution in [3.63, 3.8) is 0 Å². The number of ether oxygens (including phenoxy) is 1. The summed E-state index contributed by atoms with van der Waals surface area (Å²) in [7, 11) is 0. The Labute approximate surface area is 147 Å². The molecule has 0 unspecified atom stereocenters. The molecule has 0 aliphatic carbocycles. The average Bonchev–Trinajstić information content (AvgIpc) is 2.65. The molecule has 3 heteroatoms. The van der Waals surface area contributed by atoms with Crippen LogP contribution in [0.2, 0.25) is 0 Å². The quantitative estimate of drug-likeness (QED) is 0.387. The van der Waals surface area contributed by atoms with Crippen molar-refractivity contribution in [2.24, 2.45) is 0 Å². The van der Waals surface area contributed by atoms with Crippen molar-refractivity contribution in [2.75, 3.05) is 0 Å². The Balaban J connectivity index is 1.65. The van der Waals surface area contributed by atoms with Crippen LogP contribution in [0.1, 0.15) is 23.6 Å². The van der Waals surface area contributed by atoms with E-state index >= 15 is 0 Å². The van der Waals surface area contributed by atoms with Gasteiger partial charge in [-0.25, -0.2) is 4.79 Å². The molecule has 0 atom stereocenters. The van der Waals surface area contributed by atoms with Crippen LogP contribution in [-0.4, -0.2) is 11.0 Å². The standard InChI is InChI=1S/C22H19NO2/c1-17(22(24)25-21-7-3-2-4-8-21)14-18-9-11-19(12-10-18)15-20-6-5-13-23-16-20/h2-14,16H,15H2,1H3/b17-14+. The van der Waals surface area contributed by atoms with Gasteiger partial charge in [0.1, 0.15) is 5.75 Å². The smallest absolute Gasteiger partial charge is 0.339 e. The van der Waals surface area contributed by atoms with Gasteiger partial charge in [0, 0.05) is 18.0 Å². The number of aromatic nitrogens is 1. The van der Waals surface area contributed by atoms with E-state index in [0.29, 0.717) is 11.3 Å². The van der Waals surface area contributed by atoms with E-state index in [2.05, 4.69) is 23.2 Å². The summed E-state index contributed by atoms with van der Waals surface area (Å²) < 4.78 is 5.34. The number of benzene rings is 2. The molecule has 3 nitrogen and oxygen atoms in total. The molecule has 0 aliphatic rings. The Kier molecular flexibility index (Phi) is 5.37. The van der Waals surface area contributed by atoms with Crippen LogP contribution in [0.15, 0.2) is 84.7 Å². The van der Waals surface area contributed by atoms with Gasteiger partial charge in [0.2, 0.25) is 0 Å². The van der Waals surface area contributed by atoms with E-state index in [9.17, 15) is 4.79 Å². The third kappa shape index (κ3) is 4.88. The van der Waals surface area contributed by atoms with Gasteiger partial charge >= 0.3 is 5.97 Å². The zero-order valence-electron chi connectivity index (χ0n) is 14.1. The van der Waals surface area contributed by atoms with Crippen LogP contribution in [0.3, 0.4) is 0 Å². The Morgan fingerprint density at radius 1 is 0.960 bits per heavy atom. The van der Waals surface area contributed by atoms with Crippen LogP contribution in [-0.2, 0) is 11.2 Å². The molecule has 25 heavy (non-hydrogen) atoms. The first-order valence-electron chi connectivity index (χ1n) is 8.14. The topological polar surface area (TPSA) is 39.2 Å². The van der Waals surface area contributed by atoms with E-state index in [1.165, 1.54) is 11.1 Å². The fourth-order valence-electron chi connectivity index (χ4n) is 2.46. The van der Waals surface area contributed by atoms with E-state index in [1.807, 2.05) is 48.7 Å². The molecular formula is C22H19NO2. The molecule has 0 fully saturated rings. The second-order valence-corrected chi connectivity index (χ2v) is 5.81. The molecule has 0 amide bonds. The Bertz CT molecular complexity index is 854. The van der Waals surface area contributed by atoms with Crippen LogP contribution >= 0.6 is 0 Å². The third-order valence-corrected chi connectivity index (χ3v) is 3.77. The zero-order valence-corrected chi connectivity index (χ0v) is 14.1. The Morgan fingerprint density at radius 2 is 1.72 bits per heavy atom. The number of rotatable bonds is 5. The molecule has 124 valence electrons. The van der Waals surface area contributed by atoms with Crippen molar-refractivity contribution < 1.29 is 9.53 Å². The number of hydrogen-bond donors (Lipinski definition) is 0. The van der Waals surface area contributed by atoms with Gasteiger partial charge in [-0.1, -0.05) is 48.5 Å². The zero-order chi connectivity index (χ0) is 17.5. The number of pyridine rings is 1. The SMILES string of the molecule is C/C(=C\c1ccc(Cc2cccnc2)cc1)C(=O)Oc1ccccc1. The van der Waals surface area contributed by atoms with Crippen molar-refractivity contribution in [1.29, 1.82) is 0 Å². The summed E-state index contributed by atoms with van der Waals surface area (Å²) in [6.45, 7) is 1.76. The lowest BCUT2D eigenvalue weighted by Crippen LogP contribution is -2.08. The summed E-state index contributed by atoms with van der Waals surface area (Å²) in [4.78, 5) is 16.3. The number of carbonyl (C=O) groups is 1. The van der Waals surface area contributed by atoms with Gasteiger partial charge < -0.3 is 4.74 Å². The molecule has 0 radical (unpaired) electrons. The Morgan fingerprint density at radius 3 is 2.40 bits per heavy atom. The maximum absolute atomic E-state index is 12.1. The fourth-order valence-corrected chi connectivity index (χ4v) is 2.46. The van der Waals surface area contributed by atoms with Crippen LogP contribution in [0.5, 0.6) is 5.75 Å². The van der Waals surface area contributed by atoms with E-state index in [-0.39, 0.29) is 5.97 Å². The van der Waals surface area contributed by atoms with Crippen molar-refractivity contribution in [3.8, 4) is 5.75 Å². The highest BCUT2D eigenvalue weighted by atomic mass is 16.5. The number of nitrogens with zero attached hydrogens (tertiary/aromatic N) is 1. The van der Waals surface area contributed by atoms with Gasteiger partial charge in [0.15, 0.2) is 0 Å². The molecule has 0 N–H and O–H groups in total. The first-order valence-corrected chi connectivity index (χ1v) is 8.14. The van der Waals surface area contributed by atoms with E-state index in [0.717, 1.165) is 12.0 Å². The molecule has 3 rings (SSSR count). The molecule has 0 spiro atoms. The van der Waals surface area contributed by atoms with E-state index in [4.69, 9.17) is 4.74 Å². The van der Waals surface area contributed by atoms with Crippen molar-refractivity contribution in [1.82, 2.24) is 4.98 Å². The predicted molar refractivity (Wildman–Crippen MR) is 99.2 cm³/mol. The highest BCUT2D eigenvalue weighted by Gasteiger charge is 2.07. The minimum Gasteiger partial charge on any atom is -0.423 e. The van der Waals surface area contributed by atoms with Crippen molar-refractivity contribution >= 4 is 12.0 Å². The van der Waals surface area contributed by atoms with Crippen LogP contribution in [0.4, 0.5) is 0 Å². The number of carbonyl (C=O) groups excluding carboxylic acids is 1. The normalized spacial score (nSPS) is 11.2. The maximum Gasteiger partial charge on any atom is 0.339 e. The molecule has 3 aromatic rings. The lowest BCUT2D eigenvalue weighted by Gasteiger charge is -2.05. The van der Waals surface area contributed by atoms with Gasteiger partial charge in [0.25, 0.3) is 0 Å². The van der Waals surface area contributed by atoms with Gasteiger partial charge in [-0.15, -0.1) is 0 Å². The Hall–Kier alpha value is -3.20. The fraction of sp³-hybridized carbons (Fsp3) is 0.0909. The van der Waals surface area contributed by atoms with Crippen LogP contribution < -0.4 is 4.74 Å². The molecule has 0 aliphatic heterocycles. The maximum atomic E-state index is 12.1. The molecule has 0 saturated heterocycles. The molecule has 0 saturated carbocycles. The largest absolute Gasteiger partial charge is 0.423 e. The molecule has 1 heterocycles. The van der Waals surface area contributed by atoms with Crippen LogP contribution in [0.25, 0.3) is 6.08 Å². The number of hydrogen-bond acceptors (Lipinski definition) is 3. The molecule has 2 aromatic carbocycles. The minimum atomic E-state index is -0.342. The number of esters is 1. The highest BCUT2D eigenvalue weighted by Crippen LogP contribution is 2.15. The summed E-state index contributed by atoms with van der Waals surface area (Å²) in [6.07, 6.45) is 6.32.